The van der Waals surface area contributed by atoms with Crippen molar-refractivity contribution in [2.75, 3.05) is 14.7 Å². The normalized spacial score (nSPS) is 12.7. The second kappa shape index (κ2) is 34.9. The third-order valence-corrected chi connectivity index (χ3v) is 31.3. The highest BCUT2D eigenvalue weighted by molar-refractivity contribution is 7.26. The minimum atomic E-state index is -0.0799. The summed E-state index contributed by atoms with van der Waals surface area (Å²) < 4.78 is 11.7. The molecule has 0 fully saturated rings. The van der Waals surface area contributed by atoms with Gasteiger partial charge in [0.05, 0.1) is 0 Å². The second-order valence-electron chi connectivity index (χ2n) is 37.7. The van der Waals surface area contributed by atoms with Crippen LogP contribution >= 0.6 is 22.7 Å². The molecule has 24 aromatic rings. The van der Waals surface area contributed by atoms with Crippen LogP contribution in [0.5, 0.6) is 0 Å². The number of nitrogens with zero attached hydrogens (tertiary/aromatic N) is 3. The lowest BCUT2D eigenvalue weighted by atomic mass is 9.82. The maximum Gasteiger partial charge on any atom is 0.143 e. The van der Waals surface area contributed by atoms with Gasteiger partial charge in [0.1, 0.15) is 11.2 Å². The summed E-state index contributed by atoms with van der Waals surface area (Å²) in [6, 6.07) is 179. The molecule has 21 aromatic carbocycles. The molecule has 0 radical (unpaired) electrons. The van der Waals surface area contributed by atoms with E-state index in [-0.39, 0.29) is 10.8 Å². The van der Waals surface area contributed by atoms with Gasteiger partial charge >= 0.3 is 0 Å². The van der Waals surface area contributed by atoms with Crippen LogP contribution in [0, 0.1) is 0 Å². The first-order valence-corrected chi connectivity index (χ1v) is 49.6. The van der Waals surface area contributed by atoms with Gasteiger partial charge in [0.15, 0.2) is 0 Å². The van der Waals surface area contributed by atoms with Crippen molar-refractivity contribution in [3.05, 3.63) is 525 Å². The second-order valence-corrected chi connectivity index (χ2v) is 39.8. The van der Waals surface area contributed by atoms with Crippen molar-refractivity contribution in [3.8, 4) is 100 Å². The maximum absolute atomic E-state index is 6.36. The van der Waals surface area contributed by atoms with Crippen molar-refractivity contribution >= 4 is 136 Å². The van der Waals surface area contributed by atoms with Crippen LogP contribution in [-0.2, 0) is 17.3 Å². The van der Waals surface area contributed by atoms with Gasteiger partial charge in [0, 0.05) is 119 Å². The Labute approximate surface area is 818 Å². The van der Waals surface area contributed by atoms with Crippen LogP contribution in [0.4, 0.5) is 51.2 Å². The topological polar surface area (TPSA) is 22.9 Å². The zero-order chi connectivity index (χ0) is 92.8. The summed E-state index contributed by atoms with van der Waals surface area (Å²) in [7, 11) is 0. The van der Waals surface area contributed by atoms with Gasteiger partial charge < -0.3 is 19.1 Å². The molecule has 0 atom stereocenters. The summed E-state index contributed by atoms with van der Waals surface area (Å²) in [5.41, 5.74) is 42.8. The molecule has 139 heavy (non-hydrogen) atoms. The molecule has 0 bridgehead atoms. The lowest BCUT2D eigenvalue weighted by Crippen LogP contribution is -2.16. The van der Waals surface area contributed by atoms with E-state index in [9.17, 15) is 0 Å². The molecule has 660 valence electrons. The Hall–Kier alpha value is -16.7. The highest BCUT2D eigenvalue weighted by Crippen LogP contribution is 2.55. The predicted octanol–water partition coefficient (Wildman–Crippen LogP) is 38.3. The number of rotatable bonds is 15. The molecule has 27 rings (SSSR count). The zero-order valence-electron chi connectivity index (χ0n) is 77.5. The molecule has 3 aromatic heterocycles. The Morgan fingerprint density at radius 2 is 0.504 bits per heavy atom. The van der Waals surface area contributed by atoms with E-state index in [1.807, 2.05) is 34.8 Å². The molecular formula is C133H95N3OS2. The minimum Gasteiger partial charge on any atom is -0.455 e. The van der Waals surface area contributed by atoms with Gasteiger partial charge in [0.2, 0.25) is 0 Å². The highest BCUT2D eigenvalue weighted by atomic mass is 32.1. The van der Waals surface area contributed by atoms with E-state index < -0.39 is 0 Å². The smallest absolute Gasteiger partial charge is 0.143 e. The summed E-state index contributed by atoms with van der Waals surface area (Å²) in [5.74, 6) is 0. The fourth-order valence-corrected chi connectivity index (χ4v) is 24.4. The van der Waals surface area contributed by atoms with Crippen molar-refractivity contribution in [2.24, 2.45) is 0 Å². The molecular weight excluding hydrogens is 1720 g/mol. The molecule has 0 saturated carbocycles. The molecule has 3 aliphatic rings. The number of para-hydroxylation sites is 2. The predicted molar refractivity (Wildman–Crippen MR) is 592 cm³/mol. The Morgan fingerprint density at radius 1 is 0.194 bits per heavy atom. The Bertz CT molecular complexity index is 8820. The average Bonchev–Trinajstić information content (AvgIpc) is 1.58. The highest BCUT2D eigenvalue weighted by Gasteiger charge is 2.38. The molecule has 0 saturated heterocycles. The van der Waals surface area contributed by atoms with Crippen LogP contribution in [0.3, 0.4) is 0 Å². The van der Waals surface area contributed by atoms with Crippen molar-refractivity contribution < 1.29 is 4.42 Å². The lowest BCUT2D eigenvalue weighted by Gasteiger charge is -2.28. The van der Waals surface area contributed by atoms with Crippen LogP contribution in [0.25, 0.3) is 162 Å². The van der Waals surface area contributed by atoms with E-state index in [0.29, 0.717) is 0 Å². The minimum absolute atomic E-state index is 0.0719. The van der Waals surface area contributed by atoms with Gasteiger partial charge in [-0.1, -0.05) is 392 Å². The first-order chi connectivity index (χ1) is 68.4. The maximum atomic E-state index is 6.36. The molecule has 0 amide bonds. The van der Waals surface area contributed by atoms with E-state index in [2.05, 4.69) is 522 Å². The van der Waals surface area contributed by atoms with Crippen LogP contribution in [0.2, 0.25) is 0 Å². The summed E-state index contributed by atoms with van der Waals surface area (Å²) in [6.07, 6.45) is 0.959. The standard InChI is InChI=1S/2C45H33NS.C43H29NO/c1-45(2)41-20-8-6-16-37(41)38-27-26-35(29-42(38)45)46(33-24-22-31(23-25-33)30-12-4-3-5-13-30)34-15-10-14-32(28-34)36-18-11-19-40-39-17-7-9-21-43(39)47-44(36)40;1-45(2)41-17-8-6-13-37(41)38-28-27-35(29-42(38)45)46(33-23-19-31(20-24-33)30-11-4-3-5-12-30)34-25-21-32(22-26-34)36-15-10-16-40-39-14-7-9-18-43(39)47-44(36)40;1-2-9-29(10-3-1)30-17-21-34(22-18-30)44(36-25-26-38-33(28-36)27-32-11-4-5-12-37(32)38)35-23-19-31(20-24-35)39-14-8-15-41-40-13-6-7-16-42(40)45-43(39)41/h2*3-29H,1-2H3;1-26,28H,27H2. The first kappa shape index (κ1) is 84.0. The lowest BCUT2D eigenvalue weighted by molar-refractivity contribution is 0.660. The number of anilines is 9. The van der Waals surface area contributed by atoms with Crippen LogP contribution in [0.15, 0.2) is 496 Å². The van der Waals surface area contributed by atoms with Crippen LogP contribution in [0.1, 0.15) is 61.1 Å². The van der Waals surface area contributed by atoms with Gasteiger partial charge in [-0.05, 0) is 262 Å². The van der Waals surface area contributed by atoms with Crippen molar-refractivity contribution in [3.63, 3.8) is 0 Å². The van der Waals surface area contributed by atoms with Gasteiger partial charge in [-0.15, -0.1) is 22.7 Å². The number of thiophene rings is 2. The van der Waals surface area contributed by atoms with Crippen molar-refractivity contribution in [1.82, 2.24) is 0 Å². The Morgan fingerprint density at radius 3 is 0.993 bits per heavy atom. The van der Waals surface area contributed by atoms with E-state index in [0.717, 1.165) is 90.7 Å². The van der Waals surface area contributed by atoms with Gasteiger partial charge in [-0.3, -0.25) is 0 Å². The molecule has 3 aliphatic carbocycles. The number of hydrogen-bond acceptors (Lipinski definition) is 6. The fourth-order valence-electron chi connectivity index (χ4n) is 21.9. The fraction of sp³-hybridized carbons (Fsp3) is 0.0526. The largest absolute Gasteiger partial charge is 0.455 e. The summed E-state index contributed by atoms with van der Waals surface area (Å²) in [4.78, 5) is 7.18. The monoisotopic (exact) mass is 1810 g/mol. The molecule has 0 aliphatic heterocycles. The Balaban J connectivity index is 0.000000110. The average molecular weight is 1820 g/mol. The number of hydrogen-bond donors (Lipinski definition) is 0. The molecule has 4 nitrogen and oxygen atoms in total. The molecule has 0 unspecified atom stereocenters. The quantitative estimate of drug-likeness (QED) is 0.102. The van der Waals surface area contributed by atoms with Gasteiger partial charge in [0.25, 0.3) is 0 Å². The SMILES string of the molecule is CC1(C)c2ccccc2-c2ccc(N(c3ccc(-c4ccccc4)cc3)c3ccc(-c4cccc5c4sc4ccccc45)cc3)cc21.CC1(C)c2ccccc2-c2ccc(N(c3ccc(-c4ccccc4)cc3)c3cccc(-c4cccc5c4sc4ccccc45)c3)cc21.c1ccc(-c2ccc(N(c3ccc(-c4cccc5c4oc4ccccc45)cc3)c3ccc4c(c3)Cc3ccccc3-4)cc2)cc1. The Kier molecular flexibility index (Phi) is 21.1. The summed E-state index contributed by atoms with van der Waals surface area (Å²) in [5, 5.41) is 7.60. The van der Waals surface area contributed by atoms with Gasteiger partial charge in [-0.2, -0.15) is 0 Å². The summed E-state index contributed by atoms with van der Waals surface area (Å²) in [6.45, 7) is 9.41. The van der Waals surface area contributed by atoms with E-state index >= 15 is 0 Å². The summed E-state index contributed by atoms with van der Waals surface area (Å²) >= 11 is 3.77. The number of benzene rings is 21. The molecule has 0 spiro atoms. The molecule has 6 heteroatoms. The molecule has 3 heterocycles. The van der Waals surface area contributed by atoms with Crippen molar-refractivity contribution in [1.29, 1.82) is 0 Å². The van der Waals surface area contributed by atoms with Crippen LogP contribution < -0.4 is 14.7 Å². The molecule has 0 N–H and O–H groups in total. The van der Waals surface area contributed by atoms with E-state index in [1.165, 1.54) is 163 Å². The van der Waals surface area contributed by atoms with E-state index in [1.54, 1.807) is 0 Å². The third kappa shape index (κ3) is 15.1. The third-order valence-electron chi connectivity index (χ3n) is 28.9. The van der Waals surface area contributed by atoms with Crippen LogP contribution in [-0.4, -0.2) is 0 Å². The number of fused-ring (bicyclic) bond motifs is 18. The van der Waals surface area contributed by atoms with Crippen molar-refractivity contribution in [2.45, 2.75) is 44.9 Å². The number of furan rings is 1. The first-order valence-electron chi connectivity index (χ1n) is 48.0. The van der Waals surface area contributed by atoms with Gasteiger partial charge in [-0.25, -0.2) is 0 Å². The van der Waals surface area contributed by atoms with E-state index in [4.69, 9.17) is 4.42 Å². The zero-order valence-corrected chi connectivity index (χ0v) is 79.2.